The Morgan fingerprint density at radius 2 is 2.00 bits per heavy atom. The van der Waals surface area contributed by atoms with E-state index >= 15 is 0 Å². The second-order valence-corrected chi connectivity index (χ2v) is 6.52. The van der Waals surface area contributed by atoms with Gasteiger partial charge in [0.15, 0.2) is 5.78 Å². The van der Waals surface area contributed by atoms with Gasteiger partial charge in [0.25, 0.3) is 0 Å². The summed E-state index contributed by atoms with van der Waals surface area (Å²) in [5.74, 6) is 1.67. The predicted molar refractivity (Wildman–Crippen MR) is 84.0 cm³/mol. The summed E-state index contributed by atoms with van der Waals surface area (Å²) in [5, 5.41) is 3.62. The second-order valence-electron chi connectivity index (χ2n) is 6.52. The molecule has 0 radical (unpaired) electrons. The van der Waals surface area contributed by atoms with E-state index in [1.54, 1.807) is 7.11 Å². The number of ketones is 1. The molecule has 0 bridgehead atoms. The number of nitrogens with one attached hydrogen (secondary N) is 1. The lowest BCUT2D eigenvalue weighted by atomic mass is 9.76. The van der Waals surface area contributed by atoms with Gasteiger partial charge in [-0.1, -0.05) is 24.5 Å². The first-order chi connectivity index (χ1) is 10.2. The first-order valence-corrected chi connectivity index (χ1v) is 8.14. The number of benzene rings is 1. The maximum atomic E-state index is 12.9. The molecule has 3 unspecified atom stereocenters. The minimum atomic E-state index is -0.0416. The average Bonchev–Trinajstić information content (AvgIpc) is 2.53. The van der Waals surface area contributed by atoms with Crippen molar-refractivity contribution in [2.24, 2.45) is 5.92 Å². The molecule has 1 N–H and O–H groups in total. The van der Waals surface area contributed by atoms with E-state index in [1.165, 1.54) is 32.1 Å². The molecule has 3 nitrogen and oxygen atoms in total. The molecular formula is C18H25NO2. The lowest BCUT2D eigenvalue weighted by molar-refractivity contribution is 0.0858. The molecule has 2 aliphatic rings. The number of carbonyl (C=O) groups is 1. The average molecular weight is 287 g/mol. The van der Waals surface area contributed by atoms with Crippen molar-refractivity contribution in [3.05, 3.63) is 29.3 Å². The Kier molecular flexibility index (Phi) is 4.29. The Morgan fingerprint density at radius 1 is 1.19 bits per heavy atom. The molecule has 0 spiro atoms. The first kappa shape index (κ1) is 14.6. The highest BCUT2D eigenvalue weighted by Gasteiger charge is 2.35. The molecule has 3 rings (SSSR count). The Bertz CT molecular complexity index is 526. The predicted octanol–water partition coefficient (Wildman–Crippen LogP) is 3.50. The molecule has 0 aromatic heterocycles. The zero-order chi connectivity index (χ0) is 14.8. The van der Waals surface area contributed by atoms with Crippen molar-refractivity contribution >= 4 is 5.78 Å². The molecule has 1 aliphatic carbocycles. The zero-order valence-corrected chi connectivity index (χ0v) is 13.0. The van der Waals surface area contributed by atoms with E-state index in [0.717, 1.165) is 23.5 Å². The smallest absolute Gasteiger partial charge is 0.183 e. The molecule has 1 aromatic carbocycles. The maximum Gasteiger partial charge on any atom is 0.183 e. The van der Waals surface area contributed by atoms with Crippen LogP contribution in [0.4, 0.5) is 0 Å². The number of fused-ring (bicyclic) bond motifs is 1. The van der Waals surface area contributed by atoms with Gasteiger partial charge in [-0.3, -0.25) is 4.79 Å². The van der Waals surface area contributed by atoms with E-state index in [1.807, 2.05) is 25.1 Å². The third-order valence-corrected chi connectivity index (χ3v) is 5.09. The Morgan fingerprint density at radius 3 is 2.81 bits per heavy atom. The van der Waals surface area contributed by atoms with E-state index in [0.29, 0.717) is 11.8 Å². The highest BCUT2D eigenvalue weighted by molar-refractivity contribution is 6.02. The van der Waals surface area contributed by atoms with Gasteiger partial charge in [-0.25, -0.2) is 0 Å². The Labute approximate surface area is 127 Å². The van der Waals surface area contributed by atoms with Gasteiger partial charge < -0.3 is 10.1 Å². The number of methoxy groups -OCH3 is 1. The normalized spacial score (nSPS) is 28.8. The van der Waals surface area contributed by atoms with Crippen LogP contribution >= 0.6 is 0 Å². The SMILES string of the molecule is COc1ccc(C)cc1C(=O)C1CCC2CCCCC2N1. The largest absolute Gasteiger partial charge is 0.496 e. The van der Waals surface area contributed by atoms with Crippen molar-refractivity contribution in [1.82, 2.24) is 5.32 Å². The first-order valence-electron chi connectivity index (χ1n) is 8.14. The summed E-state index contributed by atoms with van der Waals surface area (Å²) in [4.78, 5) is 12.9. The van der Waals surface area contributed by atoms with E-state index in [-0.39, 0.29) is 11.8 Å². The minimum Gasteiger partial charge on any atom is -0.496 e. The van der Waals surface area contributed by atoms with Crippen LogP contribution in [0, 0.1) is 12.8 Å². The molecule has 0 amide bonds. The maximum absolute atomic E-state index is 12.9. The highest BCUT2D eigenvalue weighted by atomic mass is 16.5. The molecule has 114 valence electrons. The van der Waals surface area contributed by atoms with Gasteiger partial charge >= 0.3 is 0 Å². The molecule has 21 heavy (non-hydrogen) atoms. The standard InChI is InChI=1S/C18H25NO2/c1-12-7-10-17(21-2)14(11-12)18(20)16-9-8-13-5-3-4-6-15(13)19-16/h7,10-11,13,15-16,19H,3-6,8-9H2,1-2H3. The summed E-state index contributed by atoms with van der Waals surface area (Å²) in [6.07, 6.45) is 7.33. The summed E-state index contributed by atoms with van der Waals surface area (Å²) >= 11 is 0. The van der Waals surface area contributed by atoms with Gasteiger partial charge in [0.05, 0.1) is 18.7 Å². The van der Waals surface area contributed by atoms with E-state index in [2.05, 4.69) is 5.32 Å². The molecule has 1 saturated heterocycles. The number of hydrogen-bond acceptors (Lipinski definition) is 3. The van der Waals surface area contributed by atoms with Crippen LogP contribution in [0.3, 0.4) is 0 Å². The van der Waals surface area contributed by atoms with Crippen molar-refractivity contribution in [2.45, 2.75) is 57.5 Å². The molecule has 1 saturated carbocycles. The fourth-order valence-corrected chi connectivity index (χ4v) is 3.90. The highest BCUT2D eigenvalue weighted by Crippen LogP contribution is 2.33. The number of Topliss-reactive ketones (excluding diaryl/α,β-unsaturated/α-hetero) is 1. The van der Waals surface area contributed by atoms with Crippen molar-refractivity contribution in [3.63, 3.8) is 0 Å². The number of ether oxygens (including phenoxy) is 1. The quantitative estimate of drug-likeness (QED) is 0.865. The molecule has 1 aliphatic heterocycles. The lowest BCUT2D eigenvalue weighted by Crippen LogP contribution is -2.52. The minimum absolute atomic E-state index is 0.0416. The van der Waals surface area contributed by atoms with Crippen LogP contribution in [0.25, 0.3) is 0 Å². The van der Waals surface area contributed by atoms with Crippen LogP contribution < -0.4 is 10.1 Å². The Hall–Kier alpha value is -1.35. The second kappa shape index (κ2) is 6.18. The van der Waals surface area contributed by atoms with Crippen LogP contribution in [0.2, 0.25) is 0 Å². The van der Waals surface area contributed by atoms with Crippen LogP contribution in [0.5, 0.6) is 5.75 Å². The summed E-state index contributed by atoms with van der Waals surface area (Å²) < 4.78 is 5.37. The molecular weight excluding hydrogens is 262 g/mol. The number of aryl methyl sites for hydroxylation is 1. The fourth-order valence-electron chi connectivity index (χ4n) is 3.90. The van der Waals surface area contributed by atoms with Crippen LogP contribution in [-0.2, 0) is 0 Å². The van der Waals surface area contributed by atoms with Gasteiger partial charge in [0.2, 0.25) is 0 Å². The van der Waals surface area contributed by atoms with Crippen molar-refractivity contribution in [1.29, 1.82) is 0 Å². The monoisotopic (exact) mass is 287 g/mol. The fraction of sp³-hybridized carbons (Fsp3) is 0.611. The van der Waals surface area contributed by atoms with Gasteiger partial charge in [-0.05, 0) is 50.7 Å². The third-order valence-electron chi connectivity index (χ3n) is 5.09. The summed E-state index contributed by atoms with van der Waals surface area (Å²) in [7, 11) is 1.63. The molecule has 2 fully saturated rings. The topological polar surface area (TPSA) is 38.3 Å². The molecule has 1 aromatic rings. The molecule has 1 heterocycles. The number of hydrogen-bond donors (Lipinski definition) is 1. The van der Waals surface area contributed by atoms with Gasteiger partial charge in [-0.2, -0.15) is 0 Å². The lowest BCUT2D eigenvalue weighted by Gasteiger charge is -2.40. The third kappa shape index (κ3) is 2.98. The Balaban J connectivity index is 1.77. The summed E-state index contributed by atoms with van der Waals surface area (Å²) in [6, 6.07) is 6.34. The molecule has 3 heteroatoms. The van der Waals surface area contributed by atoms with E-state index in [9.17, 15) is 4.79 Å². The number of carbonyl (C=O) groups excluding carboxylic acids is 1. The summed E-state index contributed by atoms with van der Waals surface area (Å²) in [5.41, 5.74) is 1.83. The van der Waals surface area contributed by atoms with Crippen molar-refractivity contribution in [2.75, 3.05) is 7.11 Å². The summed E-state index contributed by atoms with van der Waals surface area (Å²) in [6.45, 7) is 2.02. The van der Waals surface area contributed by atoms with E-state index < -0.39 is 0 Å². The van der Waals surface area contributed by atoms with E-state index in [4.69, 9.17) is 4.74 Å². The van der Waals surface area contributed by atoms with Gasteiger partial charge in [-0.15, -0.1) is 0 Å². The van der Waals surface area contributed by atoms with Gasteiger partial charge in [0.1, 0.15) is 5.75 Å². The van der Waals surface area contributed by atoms with Gasteiger partial charge in [0, 0.05) is 6.04 Å². The van der Waals surface area contributed by atoms with Crippen LogP contribution in [0.15, 0.2) is 18.2 Å². The van der Waals surface area contributed by atoms with Crippen molar-refractivity contribution < 1.29 is 9.53 Å². The zero-order valence-electron chi connectivity index (χ0n) is 13.0. The number of rotatable bonds is 3. The molecule has 3 atom stereocenters. The van der Waals surface area contributed by atoms with Crippen LogP contribution in [0.1, 0.15) is 54.4 Å². The van der Waals surface area contributed by atoms with Crippen molar-refractivity contribution in [3.8, 4) is 5.75 Å². The van der Waals surface area contributed by atoms with Crippen LogP contribution in [-0.4, -0.2) is 25.0 Å². The number of piperidine rings is 1.